The molecule has 3 fully saturated rings. The molecule has 0 saturated heterocycles. The van der Waals surface area contributed by atoms with Gasteiger partial charge in [-0.3, -0.25) is 4.18 Å². The molecule has 1 aromatic carbocycles. The van der Waals surface area contributed by atoms with Crippen molar-refractivity contribution in [1.82, 2.24) is 0 Å². The maximum Gasteiger partial charge on any atom is 0.297 e. The summed E-state index contributed by atoms with van der Waals surface area (Å²) in [5.74, 6) is 4.17. The molecule has 37 heavy (non-hydrogen) atoms. The lowest BCUT2D eigenvalue weighted by Crippen LogP contribution is -2.50. The summed E-state index contributed by atoms with van der Waals surface area (Å²) in [5.41, 5.74) is 3.28. The first-order valence-corrected chi connectivity index (χ1v) is 16.6. The zero-order chi connectivity index (χ0) is 26.4. The molecule has 0 amide bonds. The highest BCUT2D eigenvalue weighted by molar-refractivity contribution is 7.86. The van der Waals surface area contributed by atoms with E-state index in [1.165, 1.54) is 63.4 Å². The summed E-state index contributed by atoms with van der Waals surface area (Å²) in [6, 6.07) is 7.02. The van der Waals surface area contributed by atoms with Crippen molar-refractivity contribution in [3.8, 4) is 0 Å². The minimum absolute atomic E-state index is 0.215. The summed E-state index contributed by atoms with van der Waals surface area (Å²) in [5, 5.41) is 0. The van der Waals surface area contributed by atoms with Gasteiger partial charge in [-0.15, -0.1) is 0 Å². The first kappa shape index (κ1) is 27.4. The number of fused-ring (bicyclic) bond motifs is 5. The van der Waals surface area contributed by atoms with Crippen LogP contribution < -0.4 is 0 Å². The summed E-state index contributed by atoms with van der Waals surface area (Å²) in [6.45, 7) is 11.8. The Bertz CT molecular complexity index is 1090. The quantitative estimate of drug-likeness (QED) is 0.193. The Morgan fingerprint density at radius 3 is 2.46 bits per heavy atom. The predicted octanol–water partition coefficient (Wildman–Crippen LogP) is 8.86. The summed E-state index contributed by atoms with van der Waals surface area (Å²) in [6.07, 6.45) is 17.3. The van der Waals surface area contributed by atoms with Crippen LogP contribution in [0.1, 0.15) is 110 Å². The fourth-order valence-electron chi connectivity index (χ4n) is 9.18. The van der Waals surface area contributed by atoms with Gasteiger partial charge in [-0.1, -0.05) is 76.3 Å². The molecule has 0 aromatic heterocycles. The summed E-state index contributed by atoms with van der Waals surface area (Å²) in [4.78, 5) is 0.274. The van der Waals surface area contributed by atoms with Gasteiger partial charge in [0.05, 0.1) is 11.0 Å². The molecule has 0 spiro atoms. The Labute approximate surface area is 227 Å². The van der Waals surface area contributed by atoms with E-state index < -0.39 is 10.1 Å². The fourth-order valence-corrected chi connectivity index (χ4v) is 10.3. The molecule has 206 valence electrons. The van der Waals surface area contributed by atoms with Crippen LogP contribution in [0.2, 0.25) is 0 Å². The topological polar surface area (TPSA) is 43.4 Å². The number of hydrogen-bond acceptors (Lipinski definition) is 3. The van der Waals surface area contributed by atoms with Gasteiger partial charge in [0.25, 0.3) is 10.1 Å². The number of hydrogen-bond donors (Lipinski definition) is 0. The molecule has 1 aromatic rings. The van der Waals surface area contributed by atoms with Gasteiger partial charge in [-0.25, -0.2) is 0 Å². The molecule has 0 bridgehead atoms. The second-order valence-electron chi connectivity index (χ2n) is 14.0. The zero-order valence-corrected chi connectivity index (χ0v) is 24.8. The number of benzene rings is 1. The Morgan fingerprint density at radius 2 is 1.73 bits per heavy atom. The van der Waals surface area contributed by atoms with Crippen LogP contribution in [0, 0.1) is 47.3 Å². The minimum Gasteiger partial charge on any atom is -0.263 e. The molecule has 4 aliphatic carbocycles. The van der Waals surface area contributed by atoms with Crippen LogP contribution in [0.5, 0.6) is 0 Å². The highest BCUT2D eigenvalue weighted by atomic mass is 32.2. The molecule has 7 atom stereocenters. The van der Waals surface area contributed by atoms with Crippen LogP contribution in [0.15, 0.2) is 40.8 Å². The van der Waals surface area contributed by atoms with E-state index in [1.54, 1.807) is 12.1 Å². The molecule has 0 radical (unpaired) electrons. The Balaban J connectivity index is 1.25. The normalized spacial score (nSPS) is 37.6. The second kappa shape index (κ2) is 10.5. The largest absolute Gasteiger partial charge is 0.297 e. The van der Waals surface area contributed by atoms with Gasteiger partial charge < -0.3 is 0 Å². The van der Waals surface area contributed by atoms with Crippen molar-refractivity contribution in [2.45, 2.75) is 123 Å². The average Bonchev–Trinajstić information content (AvgIpc) is 3.18. The first-order chi connectivity index (χ1) is 17.5. The third kappa shape index (κ3) is 5.23. The number of allylic oxidation sites excluding steroid dienone is 1. The van der Waals surface area contributed by atoms with Crippen molar-refractivity contribution in [2.75, 3.05) is 0 Å². The molecule has 4 unspecified atom stereocenters. The van der Waals surface area contributed by atoms with Gasteiger partial charge in [0.1, 0.15) is 0 Å². The maximum absolute atomic E-state index is 13.0. The predicted molar refractivity (Wildman–Crippen MR) is 152 cm³/mol. The molecular weight excluding hydrogens is 476 g/mol. The molecule has 4 heteroatoms. The van der Waals surface area contributed by atoms with Gasteiger partial charge in [0.15, 0.2) is 0 Å². The van der Waals surface area contributed by atoms with E-state index in [1.807, 2.05) is 19.1 Å². The molecular formula is C33H50O3S. The lowest BCUT2D eigenvalue weighted by molar-refractivity contribution is -0.0490. The third-order valence-corrected chi connectivity index (χ3v) is 12.8. The first-order valence-electron chi connectivity index (χ1n) is 15.2. The van der Waals surface area contributed by atoms with Gasteiger partial charge >= 0.3 is 0 Å². The maximum atomic E-state index is 13.0. The molecule has 0 heterocycles. The summed E-state index contributed by atoms with van der Waals surface area (Å²) < 4.78 is 31.7. The van der Waals surface area contributed by atoms with Crippen LogP contribution in [0.3, 0.4) is 0 Å². The van der Waals surface area contributed by atoms with Gasteiger partial charge in [0.2, 0.25) is 0 Å². The van der Waals surface area contributed by atoms with Gasteiger partial charge in [0, 0.05) is 0 Å². The van der Waals surface area contributed by atoms with Crippen molar-refractivity contribution in [2.24, 2.45) is 40.4 Å². The van der Waals surface area contributed by atoms with E-state index in [2.05, 4.69) is 33.8 Å². The lowest BCUT2D eigenvalue weighted by atomic mass is 9.47. The molecule has 0 N–H and O–H groups in total. The van der Waals surface area contributed by atoms with Crippen LogP contribution in [-0.2, 0) is 14.3 Å². The van der Waals surface area contributed by atoms with Crippen molar-refractivity contribution < 1.29 is 12.6 Å². The Morgan fingerprint density at radius 1 is 0.973 bits per heavy atom. The average molecular weight is 527 g/mol. The lowest BCUT2D eigenvalue weighted by Gasteiger charge is -2.58. The second-order valence-corrected chi connectivity index (χ2v) is 15.6. The molecule has 3 saturated carbocycles. The molecule has 3 nitrogen and oxygen atoms in total. The van der Waals surface area contributed by atoms with Crippen molar-refractivity contribution in [3.05, 3.63) is 41.5 Å². The van der Waals surface area contributed by atoms with E-state index in [-0.39, 0.29) is 16.4 Å². The van der Waals surface area contributed by atoms with Crippen molar-refractivity contribution >= 4 is 10.1 Å². The summed E-state index contributed by atoms with van der Waals surface area (Å²) in [7, 11) is -3.73. The van der Waals surface area contributed by atoms with Crippen molar-refractivity contribution in [3.63, 3.8) is 0 Å². The highest BCUT2D eigenvalue weighted by Gasteiger charge is 2.58. The SMILES string of the molecule is Cc1ccc(S(=O)(=O)O[C@H]2CCC3(C)C(=CCC4[C@@H]3CCC3(C)C(CCCCC(C)C)CC[C@@H]43)C2)cc1. The zero-order valence-electron chi connectivity index (χ0n) is 24.0. The molecule has 0 aliphatic heterocycles. The molecule has 5 rings (SSSR count). The van der Waals surface area contributed by atoms with Crippen LogP contribution in [0.4, 0.5) is 0 Å². The van der Waals surface area contributed by atoms with E-state index in [4.69, 9.17) is 4.18 Å². The number of aryl methyl sites for hydroxylation is 1. The van der Waals surface area contributed by atoms with Crippen LogP contribution in [0.25, 0.3) is 0 Å². The third-order valence-electron chi connectivity index (χ3n) is 11.4. The smallest absolute Gasteiger partial charge is 0.263 e. The molecule has 4 aliphatic rings. The monoisotopic (exact) mass is 526 g/mol. The van der Waals surface area contributed by atoms with Gasteiger partial charge in [-0.05, 0) is 117 Å². The minimum atomic E-state index is -3.73. The van der Waals surface area contributed by atoms with E-state index >= 15 is 0 Å². The standard InChI is InChI=1S/C33H50O3S/c1-23(2)8-6-7-9-25-13-17-30-29-16-12-26-22-27(36-37(34,35)28-14-10-24(3)11-15-28)18-20-33(26,5)31(29)19-21-32(25,30)4/h10-12,14-15,23,25,27,29-31H,6-9,13,16-22H2,1-5H3/t25?,27-,29?,30-,31-,32?,33?/m0/s1. The Hall–Kier alpha value is -1.13. The van der Waals surface area contributed by atoms with E-state index in [0.717, 1.165) is 54.4 Å². The summed E-state index contributed by atoms with van der Waals surface area (Å²) >= 11 is 0. The fraction of sp³-hybridized carbons (Fsp3) is 0.758. The highest BCUT2D eigenvalue weighted by Crippen LogP contribution is 2.66. The van der Waals surface area contributed by atoms with Crippen LogP contribution >= 0.6 is 0 Å². The Kier molecular flexibility index (Phi) is 7.75. The van der Waals surface area contributed by atoms with E-state index in [0.29, 0.717) is 5.41 Å². The number of rotatable bonds is 8. The van der Waals surface area contributed by atoms with Crippen molar-refractivity contribution in [1.29, 1.82) is 0 Å². The van der Waals surface area contributed by atoms with Gasteiger partial charge in [-0.2, -0.15) is 8.42 Å². The number of unbranched alkanes of at least 4 members (excludes halogenated alkanes) is 1. The van der Waals surface area contributed by atoms with Crippen LogP contribution in [-0.4, -0.2) is 14.5 Å². The van der Waals surface area contributed by atoms with E-state index in [9.17, 15) is 8.42 Å².